The van der Waals surface area contributed by atoms with Gasteiger partial charge in [0.1, 0.15) is 0 Å². The van der Waals surface area contributed by atoms with Crippen molar-refractivity contribution in [3.05, 3.63) is 0 Å². The van der Waals surface area contributed by atoms with Gasteiger partial charge in [0.15, 0.2) is 0 Å². The van der Waals surface area contributed by atoms with Crippen LogP contribution in [0.2, 0.25) is 0 Å². The Balaban J connectivity index is 0.000000679. The molecule has 12 saturated carbocycles. The van der Waals surface area contributed by atoms with Crippen LogP contribution in [-0.4, -0.2) is 205 Å². The fourth-order valence-electron chi connectivity index (χ4n) is 19.2. The number of esters is 7. The van der Waals surface area contributed by atoms with Gasteiger partial charge in [-0.05, 0) is 190 Å². The molecule has 0 aromatic rings. The zero-order chi connectivity index (χ0) is 91.6. The zero-order valence-electron chi connectivity index (χ0n) is 81.0. The Bertz CT molecular complexity index is 2370. The smallest absolute Gasteiger partial charge is 0.308 e. The third-order valence-electron chi connectivity index (χ3n) is 27.0. The topological polar surface area (TPSA) is 289 Å². The quantitative estimate of drug-likeness (QED) is 0.0350. The van der Waals surface area contributed by atoms with Crippen molar-refractivity contribution in [3.8, 4) is 0 Å². The monoisotopic (exact) mass is 1790 g/mol. The molecule has 0 saturated heterocycles. The molecule has 728 valence electrons. The molecule has 0 heterocycles. The summed E-state index contributed by atoms with van der Waals surface area (Å²) in [6, 6.07) is 0. The molecular formula is C100H185O23P. The summed E-state index contributed by atoms with van der Waals surface area (Å²) in [5.74, 6) is 4.95. The first-order valence-corrected chi connectivity index (χ1v) is 49.9. The van der Waals surface area contributed by atoms with Crippen molar-refractivity contribution in [1.82, 2.24) is 0 Å². The normalized spacial score (nSPS) is 20.4. The van der Waals surface area contributed by atoms with Crippen LogP contribution in [0.25, 0.3) is 0 Å². The molecule has 0 aliphatic heterocycles. The number of ether oxygens (including phenoxy) is 14. The van der Waals surface area contributed by atoms with Gasteiger partial charge in [-0.2, -0.15) is 0 Å². The summed E-state index contributed by atoms with van der Waals surface area (Å²) < 4.78 is 69.2. The predicted molar refractivity (Wildman–Crippen MR) is 495 cm³/mol. The van der Waals surface area contributed by atoms with Gasteiger partial charge in [0, 0.05) is 83.3 Å². The Morgan fingerprint density at radius 2 is 0.540 bits per heavy atom. The standard InChI is InChI=1S/C10H18O3.C10H19O2P.2C9H16O3.2C9H16O2.2C8H14O2.2C8H16O.2C6H12O/c1-12-9(7-10(11)13-2)8-5-3-4-6-8;1-11-9(7-10(13)12-2)8-5-3-4-6-8;2*1-12-9(11)6-8(10)7-4-2-3-5-7;2*1-8(10)11-7-6-9-4-2-3-5-9;2*1-2-10-8(9)7-5-3-4-6-7;2*1-9-7-6-8-4-2-3-5-8;2*1-7-6-4-2-3-5-6/h8-9H,3-7H2,1-2H3;8-9,13H,3-7H2,1-2H3;2*7-8,10H,2-6H2,1H3;2*9H,2-7H2,1H3;2*7H,2-6H2,1H3;2*8H,2-7H2,1H3;2*6H,2-5H2,1H3. The Labute approximate surface area is 756 Å². The first-order valence-electron chi connectivity index (χ1n) is 49.4. The number of carbonyl (C=O) groups excluding carboxylic acids is 7. The van der Waals surface area contributed by atoms with E-state index in [4.69, 9.17) is 52.1 Å². The number of aliphatic hydroxyl groups is 2. The maximum Gasteiger partial charge on any atom is 0.308 e. The van der Waals surface area contributed by atoms with Gasteiger partial charge in [-0.15, -0.1) is 0 Å². The lowest BCUT2D eigenvalue weighted by molar-refractivity contribution is -0.148. The van der Waals surface area contributed by atoms with E-state index in [1.807, 2.05) is 13.8 Å². The third-order valence-corrected chi connectivity index (χ3v) is 27.4. The van der Waals surface area contributed by atoms with Gasteiger partial charge >= 0.3 is 41.8 Å². The predicted octanol–water partition coefficient (Wildman–Crippen LogP) is 21.8. The van der Waals surface area contributed by atoms with E-state index in [9.17, 15) is 43.8 Å². The second-order valence-electron chi connectivity index (χ2n) is 36.2. The zero-order valence-corrected chi connectivity index (χ0v) is 82.0. The highest BCUT2D eigenvalue weighted by Crippen LogP contribution is 2.36. The molecule has 23 nitrogen and oxygen atoms in total. The highest BCUT2D eigenvalue weighted by molar-refractivity contribution is 7.20. The second-order valence-corrected chi connectivity index (χ2v) is 36.8. The average Bonchev–Trinajstić information content (AvgIpc) is 1.78. The second kappa shape index (κ2) is 80.0. The minimum atomic E-state index is -0.486. The molecule has 0 aromatic heterocycles. The highest BCUT2D eigenvalue weighted by Gasteiger charge is 2.31. The average molecular weight is 1790 g/mol. The Hall–Kier alpha value is -3.90. The van der Waals surface area contributed by atoms with Crippen LogP contribution in [0.4, 0.5) is 0 Å². The van der Waals surface area contributed by atoms with Crippen LogP contribution in [0.1, 0.15) is 387 Å². The summed E-state index contributed by atoms with van der Waals surface area (Å²) in [4.78, 5) is 75.5. The van der Waals surface area contributed by atoms with E-state index in [0.29, 0.717) is 68.9 Å². The molecule has 0 radical (unpaired) electrons. The summed E-state index contributed by atoms with van der Waals surface area (Å²) in [5, 5.41) is 19.1. The van der Waals surface area contributed by atoms with E-state index in [1.165, 1.54) is 305 Å². The molecule has 12 aliphatic rings. The SMILES string of the molecule is CC(=O)OCCC1CCCC1.CC(=O)OCCC1CCCC1.CCOC(=O)C1CCCC1.CCOC(=O)C1CCCC1.COC(=O)CC(O)C1CCCC1.COC(=O)CC(O)C1CCCC1.COC(=O)CC(OC)C1CCCC1.COC(=P)CC(OC)C1CCCC1.COC1CCCC1.COC1CCCC1.COCCC1CCCC1.COCCC1CCCC1. The van der Waals surface area contributed by atoms with Crippen LogP contribution in [-0.2, 0) is 99.9 Å². The molecule has 4 atom stereocenters. The van der Waals surface area contributed by atoms with E-state index in [-0.39, 0.29) is 72.6 Å². The highest BCUT2D eigenvalue weighted by atomic mass is 31.0. The molecule has 124 heavy (non-hydrogen) atoms. The summed E-state index contributed by atoms with van der Waals surface area (Å²) in [7, 11) is 19.9. The molecule has 0 aromatic carbocycles. The van der Waals surface area contributed by atoms with Crippen LogP contribution in [0, 0.1) is 59.2 Å². The maximum atomic E-state index is 11.0. The molecule has 12 fully saturated rings. The summed E-state index contributed by atoms with van der Waals surface area (Å²) in [5.41, 5.74) is 0.888. The van der Waals surface area contributed by atoms with Crippen molar-refractivity contribution in [2.24, 2.45) is 59.2 Å². The molecule has 12 rings (SSSR count). The molecule has 0 amide bonds. The van der Waals surface area contributed by atoms with Gasteiger partial charge in [-0.25, -0.2) is 0 Å². The lowest BCUT2D eigenvalue weighted by atomic mass is 9.98. The number of aliphatic hydroxyl groups excluding tert-OH is 2. The number of carbonyl (C=O) groups is 7. The number of hydrogen-bond donors (Lipinski definition) is 2. The minimum absolute atomic E-state index is 0.0139. The van der Waals surface area contributed by atoms with Crippen molar-refractivity contribution >= 4 is 56.1 Å². The summed E-state index contributed by atoms with van der Waals surface area (Å²) in [6.45, 7) is 10.9. The molecule has 4 unspecified atom stereocenters. The van der Waals surface area contributed by atoms with Gasteiger partial charge in [-0.1, -0.05) is 214 Å². The van der Waals surface area contributed by atoms with E-state index >= 15 is 0 Å². The Kier molecular flexibility index (Phi) is 76.2. The van der Waals surface area contributed by atoms with Gasteiger partial charge in [0.25, 0.3) is 0 Å². The van der Waals surface area contributed by atoms with Crippen LogP contribution in [0.15, 0.2) is 0 Å². The first-order chi connectivity index (χ1) is 60.0. The number of hydrogen-bond acceptors (Lipinski definition) is 23. The fourth-order valence-corrected chi connectivity index (χ4v) is 19.4. The van der Waals surface area contributed by atoms with Crippen molar-refractivity contribution in [1.29, 1.82) is 0 Å². The number of rotatable bonds is 33. The van der Waals surface area contributed by atoms with Crippen LogP contribution < -0.4 is 0 Å². The van der Waals surface area contributed by atoms with E-state index in [0.717, 1.165) is 119 Å². The van der Waals surface area contributed by atoms with Gasteiger partial charge in [-0.3, -0.25) is 33.6 Å². The first kappa shape index (κ1) is 118. The fraction of sp³-hybridized carbons (Fsp3) is 0.920. The molecule has 24 heteroatoms. The van der Waals surface area contributed by atoms with Gasteiger partial charge in [0.05, 0.1) is 121 Å². The molecular weight excluding hydrogens is 1600 g/mol. The van der Waals surface area contributed by atoms with Crippen molar-refractivity contribution in [2.75, 3.05) is 111 Å². The Morgan fingerprint density at radius 3 is 0.774 bits per heavy atom. The summed E-state index contributed by atoms with van der Waals surface area (Å²) in [6.07, 6.45) is 68.1. The lowest BCUT2D eigenvalue weighted by Gasteiger charge is -2.21. The van der Waals surface area contributed by atoms with E-state index in [1.54, 1.807) is 49.8 Å². The van der Waals surface area contributed by atoms with Gasteiger partial charge in [0.2, 0.25) is 0 Å². The van der Waals surface area contributed by atoms with E-state index < -0.39 is 12.2 Å². The van der Waals surface area contributed by atoms with Crippen LogP contribution in [0.5, 0.6) is 0 Å². The van der Waals surface area contributed by atoms with Crippen molar-refractivity contribution in [3.63, 3.8) is 0 Å². The van der Waals surface area contributed by atoms with Crippen LogP contribution >= 0.6 is 8.86 Å². The lowest BCUT2D eigenvalue weighted by Crippen LogP contribution is -2.24. The van der Waals surface area contributed by atoms with Crippen molar-refractivity contribution < 1.29 is 110 Å². The minimum Gasteiger partial charge on any atom is -0.469 e. The Morgan fingerprint density at radius 1 is 0.298 bits per heavy atom. The maximum absolute atomic E-state index is 11.0. The molecule has 2 N–H and O–H groups in total. The number of methoxy groups -OCH3 is 10. The molecule has 12 aliphatic carbocycles. The van der Waals surface area contributed by atoms with Gasteiger partial charge < -0.3 is 76.5 Å². The summed E-state index contributed by atoms with van der Waals surface area (Å²) >= 11 is 0. The van der Waals surface area contributed by atoms with Crippen LogP contribution in [0.3, 0.4) is 0 Å². The van der Waals surface area contributed by atoms with Crippen molar-refractivity contribution in [2.45, 2.75) is 424 Å². The third kappa shape index (κ3) is 61.6. The van der Waals surface area contributed by atoms with E-state index in [2.05, 4.69) is 23.1 Å². The largest absolute Gasteiger partial charge is 0.469 e. The molecule has 0 spiro atoms. The molecule has 0 bridgehead atoms.